The minimum atomic E-state index is -4.38. The second-order valence-electron chi connectivity index (χ2n) is 13.1. The summed E-state index contributed by atoms with van der Waals surface area (Å²) in [5, 5.41) is 9.00. The van der Waals surface area contributed by atoms with Crippen molar-refractivity contribution < 1.29 is 45.9 Å². The Morgan fingerprint density at radius 1 is 0.854 bits per heavy atom. The van der Waals surface area contributed by atoms with Crippen molar-refractivity contribution in [1.82, 2.24) is 0 Å². The maximum atomic E-state index is 11.9. The third-order valence-corrected chi connectivity index (χ3v) is 10.7. The van der Waals surface area contributed by atoms with Crippen molar-refractivity contribution in [3.63, 3.8) is 0 Å². The molecule has 0 radical (unpaired) electrons. The molecule has 11 nitrogen and oxygen atoms in total. The molecule has 4 N–H and O–H groups in total. The van der Waals surface area contributed by atoms with Crippen LogP contribution < -0.4 is 4.90 Å². The second kappa shape index (κ2) is 15.3. The predicted octanol–water partition coefficient (Wildman–Crippen LogP) is 6.24. The molecule has 0 atom stereocenters. The molecule has 0 saturated heterocycles. The molecule has 0 saturated carbocycles. The maximum Gasteiger partial charge on any atom is 0.303 e. The van der Waals surface area contributed by atoms with Gasteiger partial charge in [-0.2, -0.15) is 21.4 Å². The molecule has 2 aromatic carbocycles. The first-order chi connectivity index (χ1) is 21.9. The molecule has 2 aliphatic heterocycles. The molecule has 2 aromatic rings. The lowest BCUT2D eigenvalue weighted by Gasteiger charge is -2.27. The molecule has 48 heavy (non-hydrogen) atoms. The van der Waals surface area contributed by atoms with E-state index in [9.17, 15) is 26.2 Å². The van der Waals surface area contributed by atoms with Crippen LogP contribution in [0.1, 0.15) is 77.3 Å². The highest BCUT2D eigenvalue weighted by Crippen LogP contribution is 2.48. The summed E-state index contributed by atoms with van der Waals surface area (Å²) >= 11 is 0. The number of benzene rings is 2. The van der Waals surface area contributed by atoms with E-state index in [0.29, 0.717) is 32.4 Å². The molecule has 0 bridgehead atoms. The number of para-hydroxylation sites is 1. The lowest BCUT2D eigenvalue weighted by atomic mass is 9.81. The fourth-order valence-electron chi connectivity index (χ4n) is 6.57. The zero-order valence-corrected chi connectivity index (χ0v) is 29.5. The molecular weight excluding hydrogens is 657 g/mol. The normalized spacial score (nSPS) is 17.7. The van der Waals surface area contributed by atoms with Crippen molar-refractivity contribution in [1.29, 1.82) is 0 Å². The third-order valence-electron chi connectivity index (χ3n) is 9.00. The van der Waals surface area contributed by atoms with E-state index in [1.807, 2.05) is 50.3 Å². The molecule has 0 spiro atoms. The van der Waals surface area contributed by atoms with E-state index in [0.717, 1.165) is 41.2 Å². The van der Waals surface area contributed by atoms with Gasteiger partial charge in [0.1, 0.15) is 6.54 Å². The van der Waals surface area contributed by atoms with Gasteiger partial charge in [0.2, 0.25) is 5.69 Å². The van der Waals surface area contributed by atoms with Crippen LogP contribution in [0.2, 0.25) is 0 Å². The van der Waals surface area contributed by atoms with Crippen LogP contribution >= 0.6 is 0 Å². The number of carboxylic acids is 1. The number of allylic oxidation sites excluding steroid dienone is 6. The van der Waals surface area contributed by atoms with Crippen molar-refractivity contribution in [3.8, 4) is 0 Å². The number of hydrogen-bond donors (Lipinski definition) is 3. The van der Waals surface area contributed by atoms with Gasteiger partial charge in [-0.1, -0.05) is 56.7 Å². The highest BCUT2D eigenvalue weighted by molar-refractivity contribution is 7.86. The van der Waals surface area contributed by atoms with Gasteiger partial charge >= 0.3 is 5.97 Å². The minimum Gasteiger partial charge on any atom is -0.870 e. The largest absolute Gasteiger partial charge is 0.870 e. The molecular formula is C35H46N2O9S2. The Balaban J connectivity index is 0.00000625. The van der Waals surface area contributed by atoms with Gasteiger partial charge < -0.3 is 15.5 Å². The molecule has 0 amide bonds. The topological polar surface area (TPSA) is 182 Å². The number of aliphatic carboxylic acids is 1. The van der Waals surface area contributed by atoms with E-state index in [-0.39, 0.29) is 28.0 Å². The van der Waals surface area contributed by atoms with E-state index in [2.05, 4.69) is 41.5 Å². The Hall–Kier alpha value is -3.62. The number of hydrogen-bond acceptors (Lipinski definition) is 7. The molecule has 0 aliphatic carbocycles. The van der Waals surface area contributed by atoms with Gasteiger partial charge in [-0.05, 0) is 62.9 Å². The van der Waals surface area contributed by atoms with Crippen molar-refractivity contribution in [3.05, 3.63) is 89.7 Å². The van der Waals surface area contributed by atoms with Crippen LogP contribution in [0.15, 0.2) is 83.4 Å². The first-order valence-electron chi connectivity index (χ1n) is 15.8. The van der Waals surface area contributed by atoms with E-state index in [1.54, 1.807) is 6.07 Å². The van der Waals surface area contributed by atoms with E-state index in [1.165, 1.54) is 17.7 Å². The summed E-state index contributed by atoms with van der Waals surface area (Å²) in [5.74, 6) is -1.09. The van der Waals surface area contributed by atoms with Crippen LogP contribution in [0.3, 0.4) is 0 Å². The average Bonchev–Trinajstić information content (AvgIpc) is 3.32. The summed E-state index contributed by atoms with van der Waals surface area (Å²) in [6, 6.07) is 12.8. The van der Waals surface area contributed by atoms with Crippen LogP contribution in [0.25, 0.3) is 0 Å². The van der Waals surface area contributed by atoms with Crippen LogP contribution in [-0.4, -0.2) is 71.6 Å². The fraction of sp³-hybridized carbons (Fsp3) is 0.429. The number of carbonyl (C=O) groups is 1. The summed E-state index contributed by atoms with van der Waals surface area (Å²) in [6.07, 6.45) is 13.0. The lowest BCUT2D eigenvalue weighted by Crippen LogP contribution is -2.28. The molecule has 0 aromatic heterocycles. The first-order valence-corrected chi connectivity index (χ1v) is 18.9. The van der Waals surface area contributed by atoms with Gasteiger partial charge in [0.05, 0.1) is 16.1 Å². The summed E-state index contributed by atoms with van der Waals surface area (Å²) in [7, 11) is -8.39. The average molecular weight is 703 g/mol. The van der Waals surface area contributed by atoms with Crippen LogP contribution in [-0.2, 0) is 35.9 Å². The van der Waals surface area contributed by atoms with Gasteiger partial charge in [-0.25, -0.2) is 0 Å². The summed E-state index contributed by atoms with van der Waals surface area (Å²) in [4.78, 5) is 12.9. The monoisotopic (exact) mass is 702 g/mol. The van der Waals surface area contributed by atoms with Gasteiger partial charge in [0.25, 0.3) is 20.2 Å². The predicted molar refractivity (Wildman–Crippen MR) is 186 cm³/mol. The molecule has 4 rings (SSSR count). The van der Waals surface area contributed by atoms with Crippen molar-refractivity contribution in [2.24, 2.45) is 0 Å². The Morgan fingerprint density at radius 3 is 2.23 bits per heavy atom. The number of unbranched alkanes of at least 4 members (excludes halogenated alkanes) is 3. The van der Waals surface area contributed by atoms with Crippen LogP contribution in [0.5, 0.6) is 0 Å². The molecule has 2 heterocycles. The summed E-state index contributed by atoms with van der Waals surface area (Å²) in [6.45, 7) is 9.54. The SMILES string of the molecule is CC1(C)C(=CC=CC=CC2=[N+](CCCCS(=O)(=O)O)c3ccccc3C2(C)C)N(CCCCCC(=O)O)c2ccc(S(=O)(=O)O)cc21.[OH-]. The van der Waals surface area contributed by atoms with Gasteiger partial charge in [-0.15, -0.1) is 0 Å². The first kappa shape index (κ1) is 38.8. The van der Waals surface area contributed by atoms with Crippen molar-refractivity contribution >= 4 is 43.3 Å². The minimum absolute atomic E-state index is 0. The zero-order valence-electron chi connectivity index (χ0n) is 27.8. The summed E-state index contributed by atoms with van der Waals surface area (Å²) in [5.41, 5.74) is 5.02. The smallest absolute Gasteiger partial charge is 0.303 e. The van der Waals surface area contributed by atoms with Gasteiger partial charge in [0, 0.05) is 53.9 Å². The van der Waals surface area contributed by atoms with Crippen LogP contribution in [0.4, 0.5) is 11.4 Å². The van der Waals surface area contributed by atoms with E-state index >= 15 is 0 Å². The van der Waals surface area contributed by atoms with Crippen LogP contribution in [0, 0.1) is 0 Å². The summed E-state index contributed by atoms with van der Waals surface area (Å²) < 4.78 is 67.4. The quantitative estimate of drug-likeness (QED) is 0.0831. The molecule has 0 unspecified atom stereocenters. The Kier molecular flexibility index (Phi) is 12.4. The van der Waals surface area contributed by atoms with Crippen molar-refractivity contribution in [2.45, 2.75) is 81.9 Å². The molecule has 0 fully saturated rings. The van der Waals surface area contributed by atoms with E-state index in [4.69, 9.17) is 9.66 Å². The molecule has 2 aliphatic rings. The highest BCUT2D eigenvalue weighted by Gasteiger charge is 2.44. The Morgan fingerprint density at radius 2 is 1.56 bits per heavy atom. The Labute approximate surface area is 283 Å². The second-order valence-corrected chi connectivity index (χ2v) is 16.1. The Bertz CT molecular complexity index is 1860. The maximum absolute atomic E-state index is 11.9. The third kappa shape index (κ3) is 8.88. The number of nitrogens with zero attached hydrogens (tertiary/aromatic N) is 2. The number of carboxylic acid groups (broad SMARTS) is 1. The number of fused-ring (bicyclic) bond motifs is 2. The fourth-order valence-corrected chi connectivity index (χ4v) is 7.65. The number of anilines is 1. The zero-order chi connectivity index (χ0) is 34.6. The molecule has 262 valence electrons. The standard InChI is InChI=1S/C35H44N2O8S2.H2O/c1-34(2)27-15-10-11-16-29(27)36(23-13-14-24-46(40,41)42)31(34)17-7-5-8-18-32-35(3,4)28-25-26(47(43,44)45)20-21-30(28)37(32)22-12-6-9-19-33(38)39;/h5,7-8,10-11,15-18,20-21,25H,6,9,12-14,19,22-24H2,1-4H3,(H2-,38,39,40,41,42,43,44,45);1H2. The van der Waals surface area contributed by atoms with Crippen molar-refractivity contribution in [2.75, 3.05) is 23.7 Å². The van der Waals surface area contributed by atoms with Gasteiger partial charge in [0.15, 0.2) is 5.71 Å². The van der Waals surface area contributed by atoms with E-state index < -0.39 is 31.6 Å². The van der Waals surface area contributed by atoms with Gasteiger partial charge in [-0.3, -0.25) is 13.9 Å². The lowest BCUT2D eigenvalue weighted by molar-refractivity contribution is -0.438. The molecule has 13 heteroatoms. The number of rotatable bonds is 15. The highest BCUT2D eigenvalue weighted by atomic mass is 32.2.